The van der Waals surface area contributed by atoms with E-state index >= 15 is 0 Å². The first-order chi connectivity index (χ1) is 10.1. The molecule has 0 bridgehead atoms. The predicted octanol–water partition coefficient (Wildman–Crippen LogP) is 2.39. The van der Waals surface area contributed by atoms with Crippen molar-refractivity contribution in [3.8, 4) is 0 Å². The van der Waals surface area contributed by atoms with Gasteiger partial charge in [0.2, 0.25) is 0 Å². The molecule has 1 amide bonds. The number of rotatable bonds is 5. The van der Waals surface area contributed by atoms with E-state index in [0.29, 0.717) is 29.8 Å². The molecular formula is C16H18FN3O. The van der Waals surface area contributed by atoms with Gasteiger partial charge < -0.3 is 10.7 Å². The summed E-state index contributed by atoms with van der Waals surface area (Å²) in [7, 11) is 0. The fourth-order valence-electron chi connectivity index (χ4n) is 2.08. The van der Waals surface area contributed by atoms with Gasteiger partial charge in [-0.3, -0.25) is 10.6 Å². The van der Waals surface area contributed by atoms with Crippen molar-refractivity contribution in [3.05, 3.63) is 65.0 Å². The number of nitrogens with one attached hydrogen (secondary N) is 2. The number of hydrogen-bond donors (Lipinski definition) is 3. The molecule has 4 N–H and O–H groups in total. The van der Waals surface area contributed by atoms with Gasteiger partial charge in [-0.1, -0.05) is 29.8 Å². The zero-order valence-corrected chi connectivity index (χ0v) is 11.8. The van der Waals surface area contributed by atoms with Gasteiger partial charge in [0.25, 0.3) is 5.91 Å². The fourth-order valence-corrected chi connectivity index (χ4v) is 2.08. The van der Waals surface area contributed by atoms with Crippen LogP contribution in [0.25, 0.3) is 0 Å². The molecule has 0 saturated heterocycles. The quantitative estimate of drug-likeness (QED) is 0.584. The van der Waals surface area contributed by atoms with Crippen LogP contribution in [-0.2, 0) is 6.42 Å². The van der Waals surface area contributed by atoms with E-state index in [4.69, 9.17) is 5.84 Å². The average Bonchev–Trinajstić information content (AvgIpc) is 2.49. The maximum absolute atomic E-state index is 13.5. The lowest BCUT2D eigenvalue weighted by Gasteiger charge is -2.11. The summed E-state index contributed by atoms with van der Waals surface area (Å²) in [5, 5.41) is 2.78. The standard InChI is InChI=1S/C16H18FN3O/c1-11-6-7-15(20-18)13(10-11)16(21)19-9-8-12-4-2-3-5-14(12)17/h2-7,10,20H,8-9,18H2,1H3,(H,19,21). The molecular weight excluding hydrogens is 269 g/mol. The molecule has 0 spiro atoms. The summed E-state index contributed by atoms with van der Waals surface area (Å²) in [5.41, 5.74) is 5.09. The number of hydrogen-bond acceptors (Lipinski definition) is 3. The van der Waals surface area contributed by atoms with Crippen LogP contribution in [0, 0.1) is 12.7 Å². The Bertz CT molecular complexity index is 643. The molecule has 0 saturated carbocycles. The van der Waals surface area contributed by atoms with Crippen LogP contribution in [-0.4, -0.2) is 12.5 Å². The molecule has 0 heterocycles. The molecule has 2 aromatic rings. The van der Waals surface area contributed by atoms with Crippen LogP contribution in [0.5, 0.6) is 0 Å². The highest BCUT2D eigenvalue weighted by molar-refractivity contribution is 5.99. The second-order valence-electron chi connectivity index (χ2n) is 4.79. The summed E-state index contributed by atoms with van der Waals surface area (Å²) in [5.74, 6) is 4.91. The van der Waals surface area contributed by atoms with E-state index in [0.717, 1.165) is 5.56 Å². The molecule has 2 rings (SSSR count). The minimum Gasteiger partial charge on any atom is -0.352 e. The monoisotopic (exact) mass is 287 g/mol. The molecule has 2 aromatic carbocycles. The number of anilines is 1. The molecule has 0 aromatic heterocycles. The number of halogens is 1. The molecule has 0 aliphatic heterocycles. The van der Waals surface area contributed by atoms with Gasteiger partial charge in [0.1, 0.15) is 5.82 Å². The lowest BCUT2D eigenvalue weighted by molar-refractivity contribution is 0.0954. The molecule has 110 valence electrons. The summed E-state index contributed by atoms with van der Waals surface area (Å²) in [6.07, 6.45) is 0.440. The van der Waals surface area contributed by atoms with Crippen molar-refractivity contribution in [3.63, 3.8) is 0 Å². The Balaban J connectivity index is 1.99. The first-order valence-electron chi connectivity index (χ1n) is 6.70. The van der Waals surface area contributed by atoms with Crippen LogP contribution in [0.3, 0.4) is 0 Å². The molecule has 0 aliphatic carbocycles. The van der Waals surface area contributed by atoms with E-state index in [1.165, 1.54) is 6.07 Å². The SMILES string of the molecule is Cc1ccc(NN)c(C(=O)NCCc2ccccc2F)c1. The van der Waals surface area contributed by atoms with Crippen LogP contribution >= 0.6 is 0 Å². The molecule has 5 heteroatoms. The van der Waals surface area contributed by atoms with Gasteiger partial charge in [0.15, 0.2) is 0 Å². The second-order valence-corrected chi connectivity index (χ2v) is 4.79. The Morgan fingerprint density at radius 3 is 2.71 bits per heavy atom. The third-order valence-corrected chi connectivity index (χ3v) is 3.21. The zero-order valence-electron chi connectivity index (χ0n) is 11.8. The first-order valence-corrected chi connectivity index (χ1v) is 6.70. The van der Waals surface area contributed by atoms with Crippen LogP contribution in [0.4, 0.5) is 10.1 Å². The summed E-state index contributed by atoms with van der Waals surface area (Å²) in [6.45, 7) is 2.26. The van der Waals surface area contributed by atoms with Crippen molar-refractivity contribution in [2.24, 2.45) is 5.84 Å². The average molecular weight is 287 g/mol. The zero-order chi connectivity index (χ0) is 15.2. The number of benzene rings is 2. The molecule has 0 aliphatic rings. The summed E-state index contributed by atoms with van der Waals surface area (Å²) in [6, 6.07) is 11.9. The Labute approximate surface area is 123 Å². The Kier molecular flexibility index (Phi) is 4.90. The van der Waals surface area contributed by atoms with Crippen molar-refractivity contribution in [1.29, 1.82) is 0 Å². The fraction of sp³-hybridized carbons (Fsp3) is 0.188. The van der Waals surface area contributed by atoms with Crippen molar-refractivity contribution in [2.45, 2.75) is 13.3 Å². The highest BCUT2D eigenvalue weighted by Gasteiger charge is 2.11. The molecule has 21 heavy (non-hydrogen) atoms. The minimum absolute atomic E-state index is 0.233. The Morgan fingerprint density at radius 2 is 2.00 bits per heavy atom. The molecule has 0 radical (unpaired) electrons. The normalized spacial score (nSPS) is 10.2. The van der Waals surface area contributed by atoms with Gasteiger partial charge in [0.05, 0.1) is 11.3 Å². The summed E-state index contributed by atoms with van der Waals surface area (Å²) in [4.78, 5) is 12.2. The van der Waals surface area contributed by atoms with E-state index in [2.05, 4.69) is 10.7 Å². The van der Waals surface area contributed by atoms with Gasteiger partial charge in [0, 0.05) is 6.54 Å². The van der Waals surface area contributed by atoms with Crippen molar-refractivity contribution in [1.82, 2.24) is 5.32 Å². The number of nitrogen functional groups attached to an aromatic ring is 1. The van der Waals surface area contributed by atoms with Crippen molar-refractivity contribution < 1.29 is 9.18 Å². The maximum atomic E-state index is 13.5. The highest BCUT2D eigenvalue weighted by atomic mass is 19.1. The lowest BCUT2D eigenvalue weighted by atomic mass is 10.1. The lowest BCUT2D eigenvalue weighted by Crippen LogP contribution is -2.27. The van der Waals surface area contributed by atoms with E-state index < -0.39 is 0 Å². The largest absolute Gasteiger partial charge is 0.352 e. The van der Waals surface area contributed by atoms with E-state index in [9.17, 15) is 9.18 Å². The van der Waals surface area contributed by atoms with Gasteiger partial charge in [-0.05, 0) is 37.1 Å². The molecule has 0 fully saturated rings. The molecule has 4 nitrogen and oxygen atoms in total. The summed E-state index contributed by atoms with van der Waals surface area (Å²) >= 11 is 0. The van der Waals surface area contributed by atoms with E-state index in [1.807, 2.05) is 13.0 Å². The van der Waals surface area contributed by atoms with Gasteiger partial charge in [-0.2, -0.15) is 0 Å². The topological polar surface area (TPSA) is 67.1 Å². The highest BCUT2D eigenvalue weighted by Crippen LogP contribution is 2.16. The van der Waals surface area contributed by atoms with Crippen LogP contribution in [0.1, 0.15) is 21.5 Å². The Morgan fingerprint density at radius 1 is 1.24 bits per heavy atom. The van der Waals surface area contributed by atoms with Crippen LogP contribution < -0.4 is 16.6 Å². The minimum atomic E-state index is -0.258. The Hall–Kier alpha value is -2.40. The second kappa shape index (κ2) is 6.85. The number of nitrogens with two attached hydrogens (primary N) is 1. The number of hydrazine groups is 1. The van der Waals surface area contributed by atoms with Crippen LogP contribution in [0.15, 0.2) is 42.5 Å². The van der Waals surface area contributed by atoms with E-state index in [-0.39, 0.29) is 11.7 Å². The number of carbonyl (C=O) groups is 1. The third-order valence-electron chi connectivity index (χ3n) is 3.21. The first kappa shape index (κ1) is 15.0. The van der Waals surface area contributed by atoms with E-state index in [1.54, 1.807) is 30.3 Å². The number of amides is 1. The summed E-state index contributed by atoms with van der Waals surface area (Å²) < 4.78 is 13.5. The van der Waals surface area contributed by atoms with Crippen molar-refractivity contribution in [2.75, 3.05) is 12.0 Å². The maximum Gasteiger partial charge on any atom is 0.253 e. The third kappa shape index (κ3) is 3.79. The van der Waals surface area contributed by atoms with Crippen LogP contribution in [0.2, 0.25) is 0 Å². The smallest absolute Gasteiger partial charge is 0.253 e. The number of aryl methyl sites for hydroxylation is 1. The van der Waals surface area contributed by atoms with Gasteiger partial charge in [-0.25, -0.2) is 4.39 Å². The molecule has 0 unspecified atom stereocenters. The molecule has 0 atom stereocenters. The number of carbonyl (C=O) groups excluding carboxylic acids is 1. The van der Waals surface area contributed by atoms with Gasteiger partial charge in [-0.15, -0.1) is 0 Å². The van der Waals surface area contributed by atoms with Crippen molar-refractivity contribution >= 4 is 11.6 Å². The predicted molar refractivity (Wildman–Crippen MR) is 81.4 cm³/mol. The van der Waals surface area contributed by atoms with Gasteiger partial charge >= 0.3 is 0 Å².